The molecule has 0 saturated carbocycles. The summed E-state index contributed by atoms with van der Waals surface area (Å²) in [6, 6.07) is 5.81. The summed E-state index contributed by atoms with van der Waals surface area (Å²) in [7, 11) is 0. The van der Waals surface area contributed by atoms with E-state index in [1.54, 1.807) is 35.9 Å². The normalized spacial score (nSPS) is 14.4. The van der Waals surface area contributed by atoms with E-state index in [-0.39, 0.29) is 0 Å². The van der Waals surface area contributed by atoms with Crippen LogP contribution in [0.2, 0.25) is 0 Å². The fourth-order valence-electron chi connectivity index (χ4n) is 3.01. The van der Waals surface area contributed by atoms with Crippen LogP contribution in [0.1, 0.15) is 24.2 Å². The maximum Gasteiger partial charge on any atom is 0.229 e. The lowest BCUT2D eigenvalue weighted by Crippen LogP contribution is -2.35. The number of thiazole rings is 1. The van der Waals surface area contributed by atoms with Crippen LogP contribution in [0.3, 0.4) is 0 Å². The lowest BCUT2D eigenvalue weighted by molar-refractivity contribution is 0.478. The fraction of sp³-hybridized carbons (Fsp3) is 0.316. The van der Waals surface area contributed by atoms with Gasteiger partial charge >= 0.3 is 0 Å². The number of nitriles is 1. The van der Waals surface area contributed by atoms with Gasteiger partial charge in [-0.1, -0.05) is 0 Å². The molecule has 3 aromatic heterocycles. The Bertz CT molecular complexity index is 986. The van der Waals surface area contributed by atoms with Crippen LogP contribution in [-0.2, 0) is 0 Å². The van der Waals surface area contributed by atoms with Crippen molar-refractivity contribution in [3.8, 4) is 16.6 Å². The number of rotatable bonds is 5. The van der Waals surface area contributed by atoms with Gasteiger partial charge in [0.25, 0.3) is 0 Å². The molecule has 0 aliphatic carbocycles. The molecule has 0 aromatic carbocycles. The summed E-state index contributed by atoms with van der Waals surface area (Å²) in [6.45, 7) is 3.97. The Labute approximate surface area is 167 Å². The molecule has 3 aromatic rings. The average molecular weight is 392 g/mol. The van der Waals surface area contributed by atoms with Gasteiger partial charge in [-0.25, -0.2) is 15.0 Å². The number of nitrogens with one attached hydrogen (secondary N) is 3. The molecule has 1 saturated heterocycles. The fourth-order valence-corrected chi connectivity index (χ4v) is 3.82. The van der Waals surface area contributed by atoms with E-state index in [1.165, 1.54) is 0 Å². The van der Waals surface area contributed by atoms with Crippen LogP contribution in [0.25, 0.3) is 10.6 Å². The van der Waals surface area contributed by atoms with Gasteiger partial charge in [-0.2, -0.15) is 10.2 Å². The lowest BCUT2D eigenvalue weighted by Gasteiger charge is -2.25. The van der Waals surface area contributed by atoms with E-state index in [0.717, 1.165) is 53.7 Å². The second kappa shape index (κ2) is 8.29. The monoisotopic (exact) mass is 392 g/mol. The lowest BCUT2D eigenvalue weighted by atomic mass is 10.1. The third kappa shape index (κ3) is 4.24. The maximum absolute atomic E-state index is 8.88. The van der Waals surface area contributed by atoms with Crippen LogP contribution in [0.4, 0.5) is 17.5 Å². The zero-order chi connectivity index (χ0) is 19.3. The summed E-state index contributed by atoms with van der Waals surface area (Å²) >= 11 is 1.59. The van der Waals surface area contributed by atoms with Gasteiger partial charge in [-0.05, 0) is 45.0 Å². The van der Waals surface area contributed by atoms with Crippen molar-refractivity contribution in [2.45, 2.75) is 25.8 Å². The van der Waals surface area contributed by atoms with Gasteiger partial charge in [0.2, 0.25) is 5.95 Å². The maximum atomic E-state index is 8.88. The topological polar surface area (TPSA) is 111 Å². The van der Waals surface area contributed by atoms with Crippen LogP contribution in [0.15, 0.2) is 29.9 Å². The number of pyridine rings is 1. The molecule has 0 amide bonds. The van der Waals surface area contributed by atoms with E-state index < -0.39 is 0 Å². The Morgan fingerprint density at radius 2 is 2.04 bits per heavy atom. The zero-order valence-corrected chi connectivity index (χ0v) is 16.3. The van der Waals surface area contributed by atoms with Crippen molar-refractivity contribution >= 4 is 28.8 Å². The highest BCUT2D eigenvalue weighted by Crippen LogP contribution is 2.31. The molecule has 4 rings (SSSR count). The van der Waals surface area contributed by atoms with Crippen LogP contribution < -0.4 is 16.0 Å². The number of nitrogens with zero attached hydrogens (tertiary/aromatic N) is 5. The molecule has 9 heteroatoms. The molecule has 3 N–H and O–H groups in total. The van der Waals surface area contributed by atoms with E-state index in [2.05, 4.69) is 30.9 Å². The largest absolute Gasteiger partial charge is 0.366 e. The van der Waals surface area contributed by atoms with Crippen molar-refractivity contribution in [3.63, 3.8) is 0 Å². The highest BCUT2D eigenvalue weighted by atomic mass is 32.1. The predicted molar refractivity (Wildman–Crippen MR) is 110 cm³/mol. The molecule has 142 valence electrons. The predicted octanol–water partition coefficient (Wildman–Crippen LogP) is 3.08. The molecule has 1 fully saturated rings. The number of anilines is 3. The average Bonchev–Trinajstić information content (AvgIpc) is 3.16. The third-order valence-corrected chi connectivity index (χ3v) is 5.45. The molecular formula is C19H20N8S. The Hall–Kier alpha value is -3.09. The number of piperidine rings is 1. The van der Waals surface area contributed by atoms with Crippen molar-refractivity contribution in [1.82, 2.24) is 25.3 Å². The van der Waals surface area contributed by atoms with Gasteiger partial charge in [0, 0.05) is 23.3 Å². The Kier molecular flexibility index (Phi) is 5.41. The van der Waals surface area contributed by atoms with Gasteiger partial charge in [-0.15, -0.1) is 11.3 Å². The van der Waals surface area contributed by atoms with Crippen molar-refractivity contribution in [2.24, 2.45) is 0 Å². The zero-order valence-electron chi connectivity index (χ0n) is 15.4. The third-order valence-electron chi connectivity index (χ3n) is 4.45. The van der Waals surface area contributed by atoms with E-state index in [9.17, 15) is 0 Å². The van der Waals surface area contributed by atoms with Gasteiger partial charge in [-0.3, -0.25) is 0 Å². The first-order valence-electron chi connectivity index (χ1n) is 9.11. The standard InChI is InChI=1S/C19H20N8S/c1-12-11-28-18(24-12)16-10-23-19(26-15-3-2-14(8-20)22-9-15)27-17(16)25-13-4-6-21-7-5-13/h2-3,9-11,13,21H,4-7H2,1H3,(H2,23,25,26,27). The summed E-state index contributed by atoms with van der Waals surface area (Å²) in [4.78, 5) is 17.8. The van der Waals surface area contributed by atoms with Crippen molar-refractivity contribution in [2.75, 3.05) is 23.7 Å². The van der Waals surface area contributed by atoms with Crippen LogP contribution >= 0.6 is 11.3 Å². The summed E-state index contributed by atoms with van der Waals surface area (Å²) in [6.07, 6.45) is 5.49. The molecule has 1 aliphatic heterocycles. The Balaban J connectivity index is 1.62. The molecule has 0 bridgehead atoms. The van der Waals surface area contributed by atoms with Gasteiger partial charge in [0.05, 0.1) is 17.4 Å². The number of hydrogen-bond acceptors (Lipinski definition) is 9. The SMILES string of the molecule is Cc1csc(-c2cnc(Nc3ccc(C#N)nc3)nc2NC2CCNCC2)n1. The molecule has 28 heavy (non-hydrogen) atoms. The Morgan fingerprint density at radius 1 is 1.18 bits per heavy atom. The molecule has 0 spiro atoms. The minimum atomic E-state index is 0.361. The van der Waals surface area contributed by atoms with Gasteiger partial charge < -0.3 is 16.0 Å². The first-order valence-corrected chi connectivity index (χ1v) is 9.99. The molecule has 4 heterocycles. The van der Waals surface area contributed by atoms with Crippen LogP contribution in [0.5, 0.6) is 0 Å². The van der Waals surface area contributed by atoms with E-state index in [0.29, 0.717) is 17.7 Å². The number of hydrogen-bond donors (Lipinski definition) is 3. The summed E-state index contributed by atoms with van der Waals surface area (Å²) in [5.41, 5.74) is 2.98. The minimum absolute atomic E-state index is 0.361. The van der Waals surface area contributed by atoms with E-state index >= 15 is 0 Å². The second-order valence-electron chi connectivity index (χ2n) is 6.59. The van der Waals surface area contributed by atoms with Crippen LogP contribution in [0, 0.1) is 18.3 Å². The number of aromatic nitrogens is 4. The smallest absolute Gasteiger partial charge is 0.229 e. The van der Waals surface area contributed by atoms with Crippen molar-refractivity contribution < 1.29 is 0 Å². The van der Waals surface area contributed by atoms with Gasteiger partial charge in [0.15, 0.2) is 0 Å². The minimum Gasteiger partial charge on any atom is -0.366 e. The molecule has 0 radical (unpaired) electrons. The highest BCUT2D eigenvalue weighted by Gasteiger charge is 2.18. The molecule has 8 nitrogen and oxygen atoms in total. The highest BCUT2D eigenvalue weighted by molar-refractivity contribution is 7.13. The molecule has 0 atom stereocenters. The molecule has 1 aliphatic rings. The number of aryl methyl sites for hydroxylation is 1. The summed E-state index contributed by atoms with van der Waals surface area (Å²) in [5, 5.41) is 21.9. The van der Waals surface area contributed by atoms with Crippen molar-refractivity contribution in [1.29, 1.82) is 5.26 Å². The molecular weight excluding hydrogens is 372 g/mol. The van der Waals surface area contributed by atoms with Crippen molar-refractivity contribution in [3.05, 3.63) is 41.3 Å². The quantitative estimate of drug-likeness (QED) is 0.607. The summed E-state index contributed by atoms with van der Waals surface area (Å²) < 4.78 is 0. The second-order valence-corrected chi connectivity index (χ2v) is 7.45. The van der Waals surface area contributed by atoms with Gasteiger partial charge in [0.1, 0.15) is 22.6 Å². The van der Waals surface area contributed by atoms with E-state index in [4.69, 9.17) is 10.2 Å². The first kappa shape index (κ1) is 18.3. The van der Waals surface area contributed by atoms with E-state index in [1.807, 2.05) is 18.4 Å². The van der Waals surface area contributed by atoms with Crippen LogP contribution in [-0.4, -0.2) is 39.1 Å². The summed E-state index contributed by atoms with van der Waals surface area (Å²) in [5.74, 6) is 1.25. The first-order chi connectivity index (χ1) is 13.7. The molecule has 0 unspecified atom stereocenters. The Morgan fingerprint density at radius 3 is 2.71 bits per heavy atom.